The normalized spacial score (nSPS) is 16.8. The maximum absolute atomic E-state index is 13.3. The summed E-state index contributed by atoms with van der Waals surface area (Å²) in [7, 11) is 0. The third-order valence-electron chi connectivity index (χ3n) is 4.11. The molecular weight excluding hydrogens is 293 g/mol. The lowest BCUT2D eigenvalue weighted by Gasteiger charge is -2.15. The molecule has 0 radical (unpaired) electrons. The number of benzene rings is 2. The number of hydrogen-bond acceptors (Lipinski definition) is 3. The average Bonchev–Trinajstić information content (AvgIpc) is 2.93. The Morgan fingerprint density at radius 2 is 1.96 bits per heavy atom. The van der Waals surface area contributed by atoms with Crippen LogP contribution in [0.2, 0.25) is 0 Å². The molecular formula is C18H12FN3O. The molecule has 1 aliphatic heterocycles. The maximum Gasteiger partial charge on any atom is 0.205 e. The second-order valence-electron chi connectivity index (χ2n) is 5.40. The van der Waals surface area contributed by atoms with Crippen LogP contribution >= 0.6 is 0 Å². The number of hydrogen-bond donors (Lipinski definition) is 2. The van der Waals surface area contributed by atoms with Gasteiger partial charge in [0.1, 0.15) is 23.2 Å². The zero-order valence-electron chi connectivity index (χ0n) is 12.0. The van der Waals surface area contributed by atoms with Crippen LogP contribution < -0.4 is 10.5 Å². The van der Waals surface area contributed by atoms with E-state index in [0.717, 1.165) is 22.0 Å². The van der Waals surface area contributed by atoms with Crippen molar-refractivity contribution in [1.29, 1.82) is 5.26 Å². The van der Waals surface area contributed by atoms with Crippen molar-refractivity contribution in [1.82, 2.24) is 4.98 Å². The molecule has 3 aromatic rings. The molecule has 1 aliphatic rings. The highest BCUT2D eigenvalue weighted by Gasteiger charge is 2.30. The third-order valence-corrected chi connectivity index (χ3v) is 4.11. The Morgan fingerprint density at radius 1 is 1.17 bits per heavy atom. The molecule has 0 saturated carbocycles. The monoisotopic (exact) mass is 305 g/mol. The molecule has 112 valence electrons. The van der Waals surface area contributed by atoms with E-state index < -0.39 is 5.92 Å². The zero-order chi connectivity index (χ0) is 16.0. The number of nitrogens with two attached hydrogens (primary N) is 1. The number of nitrogens with one attached hydrogen (secondary N) is 1. The van der Waals surface area contributed by atoms with Crippen molar-refractivity contribution in [3.63, 3.8) is 0 Å². The second-order valence-corrected chi connectivity index (χ2v) is 5.40. The molecule has 4 rings (SSSR count). The summed E-state index contributed by atoms with van der Waals surface area (Å²) in [6.07, 6.45) is 1.85. The zero-order valence-corrected chi connectivity index (χ0v) is 12.0. The van der Waals surface area contributed by atoms with E-state index in [1.807, 2.05) is 24.4 Å². The summed E-state index contributed by atoms with van der Waals surface area (Å²) < 4.78 is 19.0. The lowest BCUT2D eigenvalue weighted by atomic mass is 9.85. The smallest absolute Gasteiger partial charge is 0.205 e. The van der Waals surface area contributed by atoms with Crippen LogP contribution in [0.15, 0.2) is 60.1 Å². The van der Waals surface area contributed by atoms with E-state index in [1.165, 1.54) is 12.1 Å². The Morgan fingerprint density at radius 3 is 2.70 bits per heavy atom. The highest BCUT2D eigenvalue weighted by atomic mass is 19.1. The molecule has 0 aliphatic carbocycles. The fourth-order valence-corrected chi connectivity index (χ4v) is 3.08. The van der Waals surface area contributed by atoms with Gasteiger partial charge in [-0.3, -0.25) is 0 Å². The van der Waals surface area contributed by atoms with Gasteiger partial charge in [0.2, 0.25) is 5.88 Å². The number of rotatable bonds is 1. The van der Waals surface area contributed by atoms with Gasteiger partial charge in [-0.25, -0.2) is 4.39 Å². The van der Waals surface area contributed by atoms with Crippen LogP contribution in [0.4, 0.5) is 4.39 Å². The van der Waals surface area contributed by atoms with E-state index in [9.17, 15) is 9.65 Å². The van der Waals surface area contributed by atoms with Gasteiger partial charge in [0.25, 0.3) is 0 Å². The van der Waals surface area contributed by atoms with Gasteiger partial charge < -0.3 is 15.5 Å². The van der Waals surface area contributed by atoms with Crippen LogP contribution in [-0.4, -0.2) is 4.98 Å². The Labute approximate surface area is 131 Å². The predicted octanol–water partition coefficient (Wildman–Crippen LogP) is 3.53. The number of halogens is 1. The van der Waals surface area contributed by atoms with Crippen molar-refractivity contribution < 1.29 is 9.13 Å². The minimum absolute atomic E-state index is 0.0746. The fraction of sp³-hybridized carbons (Fsp3) is 0.0556. The summed E-state index contributed by atoms with van der Waals surface area (Å²) in [5.74, 6) is -0.0502. The largest absolute Gasteiger partial charge is 0.440 e. The Bertz CT molecular complexity index is 980. The van der Waals surface area contributed by atoms with E-state index in [-0.39, 0.29) is 11.7 Å². The number of aromatic nitrogens is 1. The van der Waals surface area contributed by atoms with Crippen molar-refractivity contribution in [2.45, 2.75) is 5.92 Å². The van der Waals surface area contributed by atoms with Gasteiger partial charge in [0.15, 0.2) is 0 Å². The first-order chi connectivity index (χ1) is 11.2. The Hall–Kier alpha value is -3.26. The van der Waals surface area contributed by atoms with Gasteiger partial charge in [-0.1, -0.05) is 18.2 Å². The van der Waals surface area contributed by atoms with Crippen LogP contribution in [0.1, 0.15) is 17.0 Å². The standard InChI is InChI=1S/C18H12FN3O/c19-11-6-4-10(5-7-11)16-12(8-20)18(21)23-15-3-1-2-14-17(15)13(16)9-22-14/h1-7,9,16,22H,21H2. The molecule has 1 aromatic heterocycles. The van der Waals surface area contributed by atoms with Crippen molar-refractivity contribution in [2.24, 2.45) is 5.73 Å². The minimum atomic E-state index is -0.405. The highest BCUT2D eigenvalue weighted by molar-refractivity contribution is 5.91. The van der Waals surface area contributed by atoms with Crippen molar-refractivity contribution in [3.05, 3.63) is 77.1 Å². The summed E-state index contributed by atoms with van der Waals surface area (Å²) in [5.41, 5.74) is 8.90. The molecule has 2 heterocycles. The predicted molar refractivity (Wildman–Crippen MR) is 84.0 cm³/mol. The van der Waals surface area contributed by atoms with Crippen molar-refractivity contribution in [3.8, 4) is 11.8 Å². The first-order valence-electron chi connectivity index (χ1n) is 7.12. The average molecular weight is 305 g/mol. The molecule has 2 aromatic carbocycles. The molecule has 0 fully saturated rings. The molecule has 0 saturated heterocycles. The number of allylic oxidation sites excluding steroid dienone is 1. The quantitative estimate of drug-likeness (QED) is 0.722. The lowest BCUT2D eigenvalue weighted by molar-refractivity contribution is 0.420. The second kappa shape index (κ2) is 4.89. The van der Waals surface area contributed by atoms with E-state index in [4.69, 9.17) is 10.5 Å². The first-order valence-corrected chi connectivity index (χ1v) is 7.12. The number of nitrogens with zero attached hydrogens (tertiary/aromatic N) is 1. The maximum atomic E-state index is 13.3. The molecule has 5 heteroatoms. The lowest BCUT2D eigenvalue weighted by Crippen LogP contribution is -2.13. The van der Waals surface area contributed by atoms with Crippen LogP contribution in [0, 0.1) is 17.1 Å². The van der Waals surface area contributed by atoms with E-state index in [1.54, 1.807) is 12.1 Å². The number of H-pyrrole nitrogens is 1. The molecule has 3 N–H and O–H groups in total. The topological polar surface area (TPSA) is 74.8 Å². The van der Waals surface area contributed by atoms with Gasteiger partial charge in [0, 0.05) is 17.1 Å². The van der Waals surface area contributed by atoms with Gasteiger partial charge in [-0.2, -0.15) is 5.26 Å². The fourth-order valence-electron chi connectivity index (χ4n) is 3.08. The van der Waals surface area contributed by atoms with Crippen molar-refractivity contribution >= 4 is 10.9 Å². The summed E-state index contributed by atoms with van der Waals surface area (Å²) in [6.45, 7) is 0. The van der Waals surface area contributed by atoms with Crippen molar-refractivity contribution in [2.75, 3.05) is 0 Å². The Balaban J connectivity index is 2.05. The SMILES string of the molecule is N#CC1=C(N)Oc2cccc3[nH]cc(c23)C1c1ccc(F)cc1. The van der Waals surface area contributed by atoms with E-state index in [2.05, 4.69) is 11.1 Å². The Kier molecular flexibility index (Phi) is 2.85. The van der Waals surface area contributed by atoms with Gasteiger partial charge >= 0.3 is 0 Å². The van der Waals surface area contributed by atoms with Gasteiger partial charge in [-0.05, 0) is 35.4 Å². The molecule has 0 bridgehead atoms. The highest BCUT2D eigenvalue weighted by Crippen LogP contribution is 2.43. The van der Waals surface area contributed by atoms with Crippen LogP contribution in [0.3, 0.4) is 0 Å². The number of nitriles is 1. The van der Waals surface area contributed by atoms with Crippen LogP contribution in [-0.2, 0) is 0 Å². The summed E-state index contributed by atoms with van der Waals surface area (Å²) in [4.78, 5) is 3.19. The van der Waals surface area contributed by atoms with Gasteiger partial charge in [-0.15, -0.1) is 0 Å². The van der Waals surface area contributed by atoms with Gasteiger partial charge in [0.05, 0.1) is 5.92 Å². The minimum Gasteiger partial charge on any atom is -0.440 e. The number of aromatic amines is 1. The summed E-state index contributed by atoms with van der Waals surface area (Å²) in [5, 5.41) is 10.5. The molecule has 1 unspecified atom stereocenters. The third kappa shape index (κ3) is 1.96. The number of ether oxygens (including phenoxy) is 1. The van der Waals surface area contributed by atoms with Crippen LogP contribution in [0.25, 0.3) is 10.9 Å². The summed E-state index contributed by atoms with van der Waals surface area (Å²) >= 11 is 0. The van der Waals surface area contributed by atoms with E-state index >= 15 is 0 Å². The van der Waals surface area contributed by atoms with Crippen LogP contribution in [0.5, 0.6) is 5.75 Å². The molecule has 1 atom stereocenters. The first kappa shape index (κ1) is 13.4. The molecule has 23 heavy (non-hydrogen) atoms. The molecule has 4 nitrogen and oxygen atoms in total. The molecule has 0 spiro atoms. The molecule has 0 amide bonds. The van der Waals surface area contributed by atoms with E-state index in [0.29, 0.717) is 11.3 Å². The summed E-state index contributed by atoms with van der Waals surface area (Å²) in [6, 6.07) is 13.8.